The summed E-state index contributed by atoms with van der Waals surface area (Å²) in [4.78, 5) is 11.5. The summed E-state index contributed by atoms with van der Waals surface area (Å²) in [5.41, 5.74) is 3.00. The summed E-state index contributed by atoms with van der Waals surface area (Å²) >= 11 is 8.06. The fourth-order valence-electron chi connectivity index (χ4n) is 1.80. The van der Waals surface area contributed by atoms with Gasteiger partial charge in [0.2, 0.25) is 5.28 Å². The molecule has 0 bridgehead atoms. The Morgan fingerprint density at radius 2 is 2.06 bits per heavy atom. The lowest BCUT2D eigenvalue weighted by atomic mass is 10.1. The molecule has 2 aromatic heterocycles. The predicted molar refractivity (Wildman–Crippen MR) is 77.1 cm³/mol. The lowest BCUT2D eigenvalue weighted by Gasteiger charge is -2.01. The predicted octanol–water partition coefficient (Wildman–Crippen LogP) is 3.88. The zero-order valence-electron chi connectivity index (χ0n) is 8.61. The molecule has 0 amide bonds. The van der Waals surface area contributed by atoms with Gasteiger partial charge in [0.15, 0.2) is 0 Å². The van der Waals surface area contributed by atoms with Gasteiger partial charge in [-0.05, 0) is 40.3 Å². The standard InChI is InChI=1S/C12H7ClIN3/c13-12-16-6-9(14)11(17-12)8-5-15-10-4-2-1-3-7(8)10/h1-6,15H. The van der Waals surface area contributed by atoms with Crippen LogP contribution in [0.1, 0.15) is 0 Å². The molecule has 1 aromatic carbocycles. The molecule has 5 heteroatoms. The van der Waals surface area contributed by atoms with Crippen LogP contribution in [0.3, 0.4) is 0 Å². The number of hydrogen-bond acceptors (Lipinski definition) is 2. The van der Waals surface area contributed by atoms with Crippen molar-refractivity contribution in [2.75, 3.05) is 0 Å². The highest BCUT2D eigenvalue weighted by Crippen LogP contribution is 2.30. The highest BCUT2D eigenvalue weighted by molar-refractivity contribution is 14.1. The second kappa shape index (κ2) is 4.27. The molecule has 0 fully saturated rings. The van der Waals surface area contributed by atoms with Gasteiger partial charge in [-0.25, -0.2) is 9.97 Å². The smallest absolute Gasteiger partial charge is 0.222 e. The molecule has 0 spiro atoms. The van der Waals surface area contributed by atoms with Crippen LogP contribution >= 0.6 is 34.2 Å². The minimum Gasteiger partial charge on any atom is -0.360 e. The second-order valence-electron chi connectivity index (χ2n) is 3.58. The fraction of sp³-hybridized carbons (Fsp3) is 0. The van der Waals surface area contributed by atoms with E-state index in [4.69, 9.17) is 11.6 Å². The Labute approximate surface area is 116 Å². The number of aromatic amines is 1. The molecule has 17 heavy (non-hydrogen) atoms. The lowest BCUT2D eigenvalue weighted by molar-refractivity contribution is 1.16. The number of rotatable bonds is 1. The highest BCUT2D eigenvalue weighted by Gasteiger charge is 2.11. The number of hydrogen-bond donors (Lipinski definition) is 1. The molecule has 2 heterocycles. The molecule has 1 N–H and O–H groups in total. The summed E-state index contributed by atoms with van der Waals surface area (Å²) in [7, 11) is 0. The van der Waals surface area contributed by atoms with Crippen molar-refractivity contribution in [1.29, 1.82) is 0 Å². The molecule has 0 aliphatic rings. The van der Waals surface area contributed by atoms with Crippen molar-refractivity contribution < 1.29 is 0 Å². The molecule has 0 saturated carbocycles. The SMILES string of the molecule is Clc1ncc(I)c(-c2c[nH]c3ccccc23)n1. The number of halogens is 2. The van der Waals surface area contributed by atoms with Crippen LogP contribution in [-0.4, -0.2) is 15.0 Å². The monoisotopic (exact) mass is 355 g/mol. The van der Waals surface area contributed by atoms with E-state index in [9.17, 15) is 0 Å². The van der Waals surface area contributed by atoms with Crippen LogP contribution in [0, 0.1) is 3.57 Å². The number of benzene rings is 1. The Bertz CT molecular complexity index is 693. The maximum Gasteiger partial charge on any atom is 0.222 e. The number of H-pyrrole nitrogens is 1. The maximum absolute atomic E-state index is 5.85. The van der Waals surface area contributed by atoms with Crippen molar-refractivity contribution in [2.45, 2.75) is 0 Å². The number of para-hydroxylation sites is 1. The molecule has 0 atom stereocenters. The van der Waals surface area contributed by atoms with Gasteiger partial charge in [-0.2, -0.15) is 0 Å². The van der Waals surface area contributed by atoms with Gasteiger partial charge in [0.25, 0.3) is 0 Å². The first-order chi connectivity index (χ1) is 8.25. The van der Waals surface area contributed by atoms with E-state index in [0.717, 1.165) is 25.7 Å². The molecule has 84 valence electrons. The Kier molecular flexibility index (Phi) is 2.76. The highest BCUT2D eigenvalue weighted by atomic mass is 127. The van der Waals surface area contributed by atoms with Crippen LogP contribution in [0.15, 0.2) is 36.7 Å². The summed E-state index contributed by atoms with van der Waals surface area (Å²) in [5.74, 6) is 0. The molecule has 3 nitrogen and oxygen atoms in total. The van der Waals surface area contributed by atoms with Crippen molar-refractivity contribution in [3.63, 3.8) is 0 Å². The van der Waals surface area contributed by atoms with Gasteiger partial charge < -0.3 is 4.98 Å². The van der Waals surface area contributed by atoms with Gasteiger partial charge in [0.1, 0.15) is 0 Å². The van der Waals surface area contributed by atoms with Gasteiger partial charge in [-0.1, -0.05) is 18.2 Å². The zero-order chi connectivity index (χ0) is 11.8. The number of nitrogens with one attached hydrogen (secondary N) is 1. The summed E-state index contributed by atoms with van der Waals surface area (Å²) in [6, 6.07) is 8.11. The largest absolute Gasteiger partial charge is 0.360 e. The fourth-order valence-corrected chi connectivity index (χ4v) is 2.49. The second-order valence-corrected chi connectivity index (χ2v) is 5.08. The van der Waals surface area contributed by atoms with Crippen LogP contribution in [0.5, 0.6) is 0 Å². The van der Waals surface area contributed by atoms with Gasteiger partial charge in [-0.3, -0.25) is 0 Å². The molecule has 0 saturated heterocycles. The minimum absolute atomic E-state index is 0.269. The number of aromatic nitrogens is 3. The van der Waals surface area contributed by atoms with Crippen LogP contribution in [0.4, 0.5) is 0 Å². The Hall–Kier alpha value is -1.14. The van der Waals surface area contributed by atoms with Crippen LogP contribution in [-0.2, 0) is 0 Å². The third-order valence-electron chi connectivity index (χ3n) is 2.56. The molecule has 0 radical (unpaired) electrons. The molecule has 0 unspecified atom stereocenters. The third-order valence-corrected chi connectivity index (χ3v) is 3.53. The Morgan fingerprint density at radius 3 is 2.94 bits per heavy atom. The summed E-state index contributed by atoms with van der Waals surface area (Å²) in [5, 5.41) is 1.41. The van der Waals surface area contributed by atoms with E-state index in [-0.39, 0.29) is 5.28 Å². The van der Waals surface area contributed by atoms with Crippen molar-refractivity contribution in [3.05, 3.63) is 45.5 Å². The lowest BCUT2D eigenvalue weighted by Crippen LogP contribution is -1.90. The number of fused-ring (bicyclic) bond motifs is 1. The first-order valence-corrected chi connectivity index (χ1v) is 6.46. The normalized spacial score (nSPS) is 10.9. The van der Waals surface area contributed by atoms with Crippen molar-refractivity contribution in [1.82, 2.24) is 15.0 Å². The van der Waals surface area contributed by atoms with Crippen molar-refractivity contribution in [3.8, 4) is 11.3 Å². The maximum atomic E-state index is 5.85. The summed E-state index contributed by atoms with van der Waals surface area (Å²) < 4.78 is 0.983. The third kappa shape index (κ3) is 1.91. The summed E-state index contributed by atoms with van der Waals surface area (Å²) in [6.07, 6.45) is 3.68. The first-order valence-electron chi connectivity index (χ1n) is 5.00. The quantitative estimate of drug-likeness (QED) is 0.531. The molecule has 3 rings (SSSR count). The zero-order valence-corrected chi connectivity index (χ0v) is 11.5. The average molecular weight is 356 g/mol. The van der Waals surface area contributed by atoms with E-state index in [1.807, 2.05) is 24.4 Å². The Morgan fingerprint density at radius 1 is 1.24 bits per heavy atom. The minimum atomic E-state index is 0.269. The average Bonchev–Trinajstić information content (AvgIpc) is 2.76. The Balaban J connectivity index is 2.31. The first kappa shape index (κ1) is 11.0. The van der Waals surface area contributed by atoms with E-state index < -0.39 is 0 Å². The molecule has 0 aliphatic heterocycles. The van der Waals surface area contributed by atoms with Crippen LogP contribution < -0.4 is 0 Å². The molecule has 3 aromatic rings. The van der Waals surface area contributed by atoms with Gasteiger partial charge in [-0.15, -0.1) is 0 Å². The van der Waals surface area contributed by atoms with Crippen LogP contribution in [0.25, 0.3) is 22.2 Å². The molecule has 0 aliphatic carbocycles. The van der Waals surface area contributed by atoms with Crippen molar-refractivity contribution in [2.24, 2.45) is 0 Å². The van der Waals surface area contributed by atoms with E-state index in [0.29, 0.717) is 0 Å². The molecular formula is C12H7ClIN3. The topological polar surface area (TPSA) is 41.6 Å². The van der Waals surface area contributed by atoms with Crippen LogP contribution in [0.2, 0.25) is 5.28 Å². The van der Waals surface area contributed by atoms with E-state index >= 15 is 0 Å². The molecular weight excluding hydrogens is 349 g/mol. The van der Waals surface area contributed by atoms with E-state index in [2.05, 4.69) is 43.6 Å². The van der Waals surface area contributed by atoms with E-state index in [1.165, 1.54) is 0 Å². The number of nitrogens with zero attached hydrogens (tertiary/aromatic N) is 2. The van der Waals surface area contributed by atoms with Gasteiger partial charge in [0.05, 0.1) is 9.26 Å². The van der Waals surface area contributed by atoms with Crippen molar-refractivity contribution >= 4 is 45.1 Å². The van der Waals surface area contributed by atoms with Gasteiger partial charge >= 0.3 is 0 Å². The van der Waals surface area contributed by atoms with E-state index in [1.54, 1.807) is 6.20 Å². The summed E-state index contributed by atoms with van der Waals surface area (Å²) in [6.45, 7) is 0. The van der Waals surface area contributed by atoms with Gasteiger partial charge in [0, 0.05) is 28.9 Å².